The molecule has 2 aromatic heterocycles. The van der Waals surface area contributed by atoms with Crippen molar-refractivity contribution >= 4 is 28.5 Å². The van der Waals surface area contributed by atoms with Gasteiger partial charge in [0.15, 0.2) is 0 Å². The maximum atomic E-state index is 12.4. The number of methoxy groups -OCH3 is 1. The number of esters is 1. The summed E-state index contributed by atoms with van der Waals surface area (Å²) in [5.41, 5.74) is 0.844. The molecular weight excluding hydrogens is 308 g/mol. The summed E-state index contributed by atoms with van der Waals surface area (Å²) in [6.45, 7) is 0.158. The van der Waals surface area contributed by atoms with Crippen LogP contribution >= 0.6 is 11.6 Å². The molecule has 0 saturated carbocycles. The van der Waals surface area contributed by atoms with Crippen LogP contribution in [0.25, 0.3) is 10.9 Å². The van der Waals surface area contributed by atoms with E-state index in [0.717, 1.165) is 0 Å². The third-order valence-electron chi connectivity index (χ3n) is 3.25. The van der Waals surface area contributed by atoms with E-state index < -0.39 is 5.97 Å². The summed E-state index contributed by atoms with van der Waals surface area (Å²) < 4.78 is 11.1. The molecule has 0 aliphatic rings. The van der Waals surface area contributed by atoms with Crippen molar-refractivity contribution in [3.8, 4) is 0 Å². The molecule has 0 fully saturated rings. The van der Waals surface area contributed by atoms with E-state index in [2.05, 4.69) is 9.72 Å². The summed E-state index contributed by atoms with van der Waals surface area (Å²) in [6.07, 6.45) is 2.79. The Hall–Kier alpha value is -2.60. The van der Waals surface area contributed by atoms with E-state index in [9.17, 15) is 9.59 Å². The lowest BCUT2D eigenvalue weighted by molar-refractivity contribution is 0.0563. The maximum absolute atomic E-state index is 12.4. The van der Waals surface area contributed by atoms with E-state index in [1.54, 1.807) is 24.3 Å². The third-order valence-corrected chi connectivity index (χ3v) is 3.48. The molecule has 7 heteroatoms. The van der Waals surface area contributed by atoms with Gasteiger partial charge in [0.1, 0.15) is 0 Å². The van der Waals surface area contributed by atoms with Crippen molar-refractivity contribution in [3.05, 3.63) is 63.6 Å². The molecule has 0 spiro atoms. The standard InChI is InChI=1S/C15H11ClN2O4/c1-21-15(20)13-9(4-5-22-13)7-18-8-17-12-6-10(16)2-3-11(12)14(18)19/h2-6,8H,7H2,1H3. The summed E-state index contributed by atoms with van der Waals surface area (Å²) >= 11 is 5.88. The van der Waals surface area contributed by atoms with Crippen LogP contribution in [0.5, 0.6) is 0 Å². The van der Waals surface area contributed by atoms with Crippen molar-refractivity contribution in [2.45, 2.75) is 6.54 Å². The van der Waals surface area contributed by atoms with Gasteiger partial charge >= 0.3 is 5.97 Å². The Morgan fingerprint density at radius 3 is 3.00 bits per heavy atom. The second kappa shape index (κ2) is 5.65. The fourth-order valence-electron chi connectivity index (χ4n) is 2.16. The average molecular weight is 319 g/mol. The number of hydrogen-bond acceptors (Lipinski definition) is 5. The van der Waals surface area contributed by atoms with Crippen LogP contribution in [0.3, 0.4) is 0 Å². The first-order valence-corrected chi connectivity index (χ1v) is 6.77. The van der Waals surface area contributed by atoms with Crippen LogP contribution in [-0.2, 0) is 11.3 Å². The van der Waals surface area contributed by atoms with Crippen LogP contribution in [0.15, 0.2) is 46.1 Å². The average Bonchev–Trinajstić information content (AvgIpc) is 2.97. The number of rotatable bonds is 3. The zero-order valence-corrected chi connectivity index (χ0v) is 12.3. The quantitative estimate of drug-likeness (QED) is 0.694. The summed E-state index contributed by atoms with van der Waals surface area (Å²) in [6, 6.07) is 6.50. The monoisotopic (exact) mass is 318 g/mol. The minimum atomic E-state index is -0.589. The number of ether oxygens (including phenoxy) is 1. The molecule has 6 nitrogen and oxygen atoms in total. The molecule has 0 aliphatic carbocycles. The Bertz CT molecular complexity index is 913. The summed E-state index contributed by atoms with van der Waals surface area (Å²) in [4.78, 5) is 28.2. The third kappa shape index (κ3) is 2.48. The zero-order chi connectivity index (χ0) is 15.7. The first-order valence-electron chi connectivity index (χ1n) is 6.39. The Labute approximate surface area is 129 Å². The van der Waals surface area contributed by atoms with Crippen LogP contribution in [0.2, 0.25) is 5.02 Å². The highest BCUT2D eigenvalue weighted by Gasteiger charge is 2.17. The number of carbonyl (C=O) groups excluding carboxylic acids is 1. The van der Waals surface area contributed by atoms with Crippen molar-refractivity contribution in [1.29, 1.82) is 0 Å². The van der Waals surface area contributed by atoms with Crippen molar-refractivity contribution in [3.63, 3.8) is 0 Å². The van der Waals surface area contributed by atoms with Crippen molar-refractivity contribution in [1.82, 2.24) is 9.55 Å². The normalized spacial score (nSPS) is 10.8. The topological polar surface area (TPSA) is 74.3 Å². The number of benzene rings is 1. The Balaban J connectivity index is 2.04. The van der Waals surface area contributed by atoms with Crippen molar-refractivity contribution in [2.75, 3.05) is 7.11 Å². The molecule has 2 heterocycles. The highest BCUT2D eigenvalue weighted by atomic mass is 35.5. The fourth-order valence-corrected chi connectivity index (χ4v) is 2.33. The predicted octanol–water partition coefficient (Wildman–Crippen LogP) is 2.48. The Kier molecular flexibility index (Phi) is 3.68. The van der Waals surface area contributed by atoms with Gasteiger partial charge in [0.05, 0.1) is 37.1 Å². The molecule has 112 valence electrons. The molecule has 0 atom stereocenters. The Morgan fingerprint density at radius 1 is 1.41 bits per heavy atom. The second-order valence-corrected chi connectivity index (χ2v) is 5.04. The molecule has 0 unspecified atom stereocenters. The fraction of sp³-hybridized carbons (Fsp3) is 0.133. The smallest absolute Gasteiger partial charge is 0.374 e. The summed E-state index contributed by atoms with van der Waals surface area (Å²) in [5.74, 6) is -0.515. The van der Waals surface area contributed by atoms with Crippen LogP contribution in [0.1, 0.15) is 16.1 Å². The lowest BCUT2D eigenvalue weighted by Crippen LogP contribution is -2.21. The molecule has 0 aliphatic heterocycles. The number of aromatic nitrogens is 2. The molecule has 0 bridgehead atoms. The lowest BCUT2D eigenvalue weighted by Gasteiger charge is -2.06. The van der Waals surface area contributed by atoms with E-state index in [1.165, 1.54) is 24.3 Å². The van der Waals surface area contributed by atoms with Crippen molar-refractivity contribution < 1.29 is 13.9 Å². The molecule has 3 aromatic rings. The molecular formula is C15H11ClN2O4. The summed E-state index contributed by atoms with van der Waals surface area (Å²) in [7, 11) is 1.27. The summed E-state index contributed by atoms with van der Waals surface area (Å²) in [5, 5.41) is 0.968. The van der Waals surface area contributed by atoms with Gasteiger partial charge in [-0.3, -0.25) is 9.36 Å². The van der Waals surface area contributed by atoms with Crippen LogP contribution in [0, 0.1) is 0 Å². The number of hydrogen-bond donors (Lipinski definition) is 0. The van der Waals surface area contributed by atoms with Gasteiger partial charge in [0, 0.05) is 10.6 Å². The van der Waals surface area contributed by atoms with E-state index in [1.807, 2.05) is 0 Å². The number of halogens is 1. The van der Waals surface area contributed by atoms with Gasteiger partial charge in [-0.05, 0) is 24.3 Å². The molecule has 0 radical (unpaired) electrons. The zero-order valence-electron chi connectivity index (χ0n) is 11.6. The minimum absolute atomic E-state index is 0.0746. The molecule has 22 heavy (non-hydrogen) atoms. The number of fused-ring (bicyclic) bond motifs is 1. The first-order chi connectivity index (χ1) is 10.6. The van der Waals surface area contributed by atoms with Gasteiger partial charge in [-0.25, -0.2) is 9.78 Å². The first kappa shape index (κ1) is 14.3. The molecule has 0 amide bonds. The van der Waals surface area contributed by atoms with E-state index in [-0.39, 0.29) is 17.9 Å². The van der Waals surface area contributed by atoms with Crippen LogP contribution in [-0.4, -0.2) is 22.6 Å². The van der Waals surface area contributed by atoms with Crippen LogP contribution < -0.4 is 5.56 Å². The molecule has 0 N–H and O–H groups in total. The SMILES string of the molecule is COC(=O)c1occc1Cn1cnc2cc(Cl)ccc2c1=O. The van der Waals surface area contributed by atoms with Gasteiger partial charge in [-0.15, -0.1) is 0 Å². The van der Waals surface area contributed by atoms with E-state index in [4.69, 9.17) is 16.0 Å². The molecule has 1 aromatic carbocycles. The van der Waals surface area contributed by atoms with Gasteiger partial charge in [-0.1, -0.05) is 11.6 Å². The van der Waals surface area contributed by atoms with Crippen molar-refractivity contribution in [2.24, 2.45) is 0 Å². The Morgan fingerprint density at radius 2 is 2.23 bits per heavy atom. The van der Waals surface area contributed by atoms with Gasteiger partial charge < -0.3 is 9.15 Å². The lowest BCUT2D eigenvalue weighted by atomic mass is 10.2. The van der Waals surface area contributed by atoms with E-state index in [0.29, 0.717) is 21.5 Å². The maximum Gasteiger partial charge on any atom is 0.374 e. The number of carbonyl (C=O) groups is 1. The highest BCUT2D eigenvalue weighted by molar-refractivity contribution is 6.31. The highest BCUT2D eigenvalue weighted by Crippen LogP contribution is 2.16. The predicted molar refractivity (Wildman–Crippen MR) is 80.2 cm³/mol. The van der Waals surface area contributed by atoms with Gasteiger partial charge in [0.2, 0.25) is 5.76 Å². The molecule has 3 rings (SSSR count). The minimum Gasteiger partial charge on any atom is -0.463 e. The second-order valence-electron chi connectivity index (χ2n) is 4.61. The van der Waals surface area contributed by atoms with Gasteiger partial charge in [0.25, 0.3) is 5.56 Å². The van der Waals surface area contributed by atoms with Gasteiger partial charge in [-0.2, -0.15) is 0 Å². The largest absolute Gasteiger partial charge is 0.463 e. The number of nitrogens with zero attached hydrogens (tertiary/aromatic N) is 2. The number of furan rings is 1. The van der Waals surface area contributed by atoms with E-state index >= 15 is 0 Å². The van der Waals surface area contributed by atoms with Crippen LogP contribution in [0.4, 0.5) is 0 Å². The molecule has 0 saturated heterocycles.